The predicted octanol–water partition coefficient (Wildman–Crippen LogP) is 2.44. The molecule has 1 N–H and O–H groups in total. The molecule has 0 atom stereocenters. The maximum atomic E-state index is 11.4. The molecule has 0 unspecified atom stereocenters. The molecule has 2 aromatic heterocycles. The monoisotopic (exact) mass is 328 g/mol. The van der Waals surface area contributed by atoms with Crippen LogP contribution in [-0.2, 0) is 15.6 Å². The van der Waals surface area contributed by atoms with Crippen molar-refractivity contribution in [2.75, 3.05) is 6.26 Å². The van der Waals surface area contributed by atoms with Gasteiger partial charge in [-0.1, -0.05) is 6.07 Å². The van der Waals surface area contributed by atoms with Crippen LogP contribution >= 0.6 is 0 Å². The SMILES string of the molecule is Cc1cc(-c2ccc(=O)[nH]c2)nc2ccc(CS(C)(=O)=O)cc12. The Labute approximate surface area is 133 Å². The number of nitrogens with zero attached hydrogens (tertiary/aromatic N) is 1. The second-order valence-electron chi connectivity index (χ2n) is 5.69. The molecule has 3 aromatic rings. The Kier molecular flexibility index (Phi) is 3.77. The number of fused-ring (bicyclic) bond motifs is 1. The number of aromatic nitrogens is 2. The van der Waals surface area contributed by atoms with E-state index in [4.69, 9.17) is 0 Å². The van der Waals surface area contributed by atoms with E-state index in [0.717, 1.165) is 33.3 Å². The first-order valence-electron chi connectivity index (χ1n) is 7.09. The highest BCUT2D eigenvalue weighted by Gasteiger charge is 2.09. The van der Waals surface area contributed by atoms with Crippen molar-refractivity contribution < 1.29 is 8.42 Å². The summed E-state index contributed by atoms with van der Waals surface area (Å²) < 4.78 is 22.9. The predicted molar refractivity (Wildman–Crippen MR) is 91.1 cm³/mol. The minimum Gasteiger partial charge on any atom is -0.328 e. The van der Waals surface area contributed by atoms with Crippen molar-refractivity contribution >= 4 is 20.7 Å². The van der Waals surface area contributed by atoms with Gasteiger partial charge >= 0.3 is 0 Å². The highest BCUT2D eigenvalue weighted by atomic mass is 32.2. The van der Waals surface area contributed by atoms with E-state index >= 15 is 0 Å². The summed E-state index contributed by atoms with van der Waals surface area (Å²) in [7, 11) is -3.07. The highest BCUT2D eigenvalue weighted by molar-refractivity contribution is 7.89. The fraction of sp³-hybridized carbons (Fsp3) is 0.176. The Hall–Kier alpha value is -2.47. The van der Waals surface area contributed by atoms with Crippen LogP contribution in [0.2, 0.25) is 0 Å². The van der Waals surface area contributed by atoms with Gasteiger partial charge in [-0.3, -0.25) is 4.79 Å². The Morgan fingerprint density at radius 2 is 1.91 bits per heavy atom. The summed E-state index contributed by atoms with van der Waals surface area (Å²) >= 11 is 0. The molecule has 5 nitrogen and oxygen atoms in total. The van der Waals surface area contributed by atoms with Crippen molar-refractivity contribution in [1.29, 1.82) is 0 Å². The number of benzene rings is 1. The molecule has 0 aliphatic carbocycles. The van der Waals surface area contributed by atoms with Crippen molar-refractivity contribution in [3.63, 3.8) is 0 Å². The van der Waals surface area contributed by atoms with Crippen LogP contribution in [0.4, 0.5) is 0 Å². The lowest BCUT2D eigenvalue weighted by Crippen LogP contribution is -2.02. The van der Waals surface area contributed by atoms with Crippen molar-refractivity contribution in [2.45, 2.75) is 12.7 Å². The molecule has 6 heteroatoms. The lowest BCUT2D eigenvalue weighted by molar-refractivity contribution is 0.601. The molecular formula is C17H16N2O3S. The average molecular weight is 328 g/mol. The normalized spacial score (nSPS) is 11.7. The first-order valence-corrected chi connectivity index (χ1v) is 9.15. The molecule has 0 bridgehead atoms. The van der Waals surface area contributed by atoms with Crippen LogP contribution in [0.15, 0.2) is 47.4 Å². The molecule has 0 spiro atoms. The number of rotatable bonds is 3. The molecule has 0 saturated carbocycles. The summed E-state index contributed by atoms with van der Waals surface area (Å²) in [6, 6.07) is 10.6. The molecule has 0 fully saturated rings. The van der Waals surface area contributed by atoms with Gasteiger partial charge in [-0.2, -0.15) is 0 Å². The molecule has 0 saturated heterocycles. The third-order valence-electron chi connectivity index (χ3n) is 3.59. The van der Waals surface area contributed by atoms with E-state index in [2.05, 4.69) is 9.97 Å². The lowest BCUT2D eigenvalue weighted by atomic mass is 10.0. The topological polar surface area (TPSA) is 79.9 Å². The maximum Gasteiger partial charge on any atom is 0.247 e. The van der Waals surface area contributed by atoms with Crippen LogP contribution in [0, 0.1) is 6.92 Å². The van der Waals surface area contributed by atoms with Crippen LogP contribution in [-0.4, -0.2) is 24.6 Å². The molecule has 0 aliphatic heterocycles. The molecule has 0 aliphatic rings. The van der Waals surface area contributed by atoms with Crippen LogP contribution < -0.4 is 5.56 Å². The largest absolute Gasteiger partial charge is 0.328 e. The van der Waals surface area contributed by atoms with Crippen LogP contribution in [0.25, 0.3) is 22.2 Å². The molecule has 2 heterocycles. The highest BCUT2D eigenvalue weighted by Crippen LogP contribution is 2.25. The number of sulfone groups is 1. The zero-order chi connectivity index (χ0) is 16.6. The van der Waals surface area contributed by atoms with Crippen molar-refractivity contribution in [3.8, 4) is 11.3 Å². The van der Waals surface area contributed by atoms with Crippen molar-refractivity contribution in [1.82, 2.24) is 9.97 Å². The van der Waals surface area contributed by atoms with E-state index in [1.165, 1.54) is 12.3 Å². The number of H-pyrrole nitrogens is 1. The Morgan fingerprint density at radius 1 is 1.13 bits per heavy atom. The van der Waals surface area contributed by atoms with Gasteiger partial charge in [-0.15, -0.1) is 0 Å². The first-order chi connectivity index (χ1) is 10.8. The Morgan fingerprint density at radius 3 is 2.57 bits per heavy atom. The van der Waals surface area contributed by atoms with Gasteiger partial charge in [-0.25, -0.2) is 13.4 Å². The number of aromatic amines is 1. The standard InChI is InChI=1S/C17H16N2O3S/c1-11-7-16(13-4-6-17(20)18-9-13)19-15-5-3-12(8-14(11)15)10-23(2,21)22/h3-9H,10H2,1-2H3,(H,18,20). The van der Waals surface area contributed by atoms with Gasteiger partial charge in [0.25, 0.3) is 0 Å². The van der Waals surface area contributed by atoms with E-state index in [1.807, 2.05) is 25.1 Å². The molecular weight excluding hydrogens is 312 g/mol. The third-order valence-corrected chi connectivity index (χ3v) is 4.45. The summed E-state index contributed by atoms with van der Waals surface area (Å²) in [5, 5.41) is 0.930. The number of hydrogen-bond donors (Lipinski definition) is 1. The van der Waals surface area contributed by atoms with Gasteiger partial charge in [0.05, 0.1) is 17.0 Å². The summed E-state index contributed by atoms with van der Waals surface area (Å²) in [5.41, 5.74) is 3.99. The van der Waals surface area contributed by atoms with Gasteiger partial charge < -0.3 is 4.98 Å². The van der Waals surface area contributed by atoms with Crippen molar-refractivity contribution in [2.24, 2.45) is 0 Å². The van der Waals surface area contributed by atoms with Crippen LogP contribution in [0.5, 0.6) is 0 Å². The van der Waals surface area contributed by atoms with E-state index in [1.54, 1.807) is 18.3 Å². The Balaban J connectivity index is 2.11. The van der Waals surface area contributed by atoms with Crippen molar-refractivity contribution in [3.05, 3.63) is 64.1 Å². The van der Waals surface area contributed by atoms with E-state index in [0.29, 0.717) is 0 Å². The summed E-state index contributed by atoms with van der Waals surface area (Å²) in [5.74, 6) is 0.0179. The maximum absolute atomic E-state index is 11.4. The molecule has 0 amide bonds. The molecule has 0 radical (unpaired) electrons. The number of hydrogen-bond acceptors (Lipinski definition) is 4. The van der Waals surface area contributed by atoms with Gasteiger partial charge in [0.15, 0.2) is 9.84 Å². The third kappa shape index (κ3) is 3.48. The smallest absolute Gasteiger partial charge is 0.247 e. The lowest BCUT2D eigenvalue weighted by Gasteiger charge is -2.08. The second-order valence-corrected chi connectivity index (χ2v) is 7.83. The summed E-state index contributed by atoms with van der Waals surface area (Å²) in [4.78, 5) is 18.4. The van der Waals surface area contributed by atoms with E-state index in [-0.39, 0.29) is 11.3 Å². The Bertz CT molecular complexity index is 1030. The van der Waals surface area contributed by atoms with Crippen LogP contribution in [0.3, 0.4) is 0 Å². The number of aryl methyl sites for hydroxylation is 1. The summed E-state index contributed by atoms with van der Waals surface area (Å²) in [6.45, 7) is 1.96. The second kappa shape index (κ2) is 5.62. The average Bonchev–Trinajstić information content (AvgIpc) is 2.47. The van der Waals surface area contributed by atoms with E-state index < -0.39 is 9.84 Å². The van der Waals surface area contributed by atoms with Gasteiger partial charge in [0.2, 0.25) is 5.56 Å². The molecule has 118 valence electrons. The summed E-state index contributed by atoms with van der Waals surface area (Å²) in [6.07, 6.45) is 2.86. The van der Waals surface area contributed by atoms with E-state index in [9.17, 15) is 13.2 Å². The zero-order valence-corrected chi connectivity index (χ0v) is 13.6. The minimum absolute atomic E-state index is 0.0179. The molecule has 1 aromatic carbocycles. The van der Waals surface area contributed by atoms with Gasteiger partial charge in [0.1, 0.15) is 0 Å². The number of pyridine rings is 2. The van der Waals surface area contributed by atoms with Gasteiger partial charge in [0, 0.05) is 29.5 Å². The minimum atomic E-state index is -3.07. The quantitative estimate of drug-likeness (QED) is 0.801. The molecule has 23 heavy (non-hydrogen) atoms. The zero-order valence-electron chi connectivity index (χ0n) is 12.8. The number of nitrogens with one attached hydrogen (secondary N) is 1. The van der Waals surface area contributed by atoms with Crippen LogP contribution in [0.1, 0.15) is 11.1 Å². The van der Waals surface area contributed by atoms with Gasteiger partial charge in [-0.05, 0) is 42.3 Å². The fourth-order valence-corrected chi connectivity index (χ4v) is 3.34. The molecule has 3 rings (SSSR count). The first kappa shape index (κ1) is 15.4. The fourth-order valence-electron chi connectivity index (χ4n) is 2.55.